The highest BCUT2D eigenvalue weighted by molar-refractivity contribution is 5.91. The predicted octanol–water partition coefficient (Wildman–Crippen LogP) is 3.93. The molecule has 0 saturated heterocycles. The van der Waals surface area contributed by atoms with Gasteiger partial charge in [0.1, 0.15) is 0 Å². The van der Waals surface area contributed by atoms with Crippen LogP contribution in [-0.4, -0.2) is 21.1 Å². The van der Waals surface area contributed by atoms with E-state index in [4.69, 9.17) is 5.73 Å². The van der Waals surface area contributed by atoms with Crippen molar-refractivity contribution in [3.05, 3.63) is 48.5 Å². The molecule has 0 saturated carbocycles. The maximum absolute atomic E-state index is 11.8. The summed E-state index contributed by atoms with van der Waals surface area (Å²) in [6.45, 7) is 2.07. The van der Waals surface area contributed by atoms with E-state index in [0.29, 0.717) is 12.4 Å². The summed E-state index contributed by atoms with van der Waals surface area (Å²) in [4.78, 5) is 15.8. The van der Waals surface area contributed by atoms with E-state index in [-0.39, 0.29) is 11.9 Å². The second kappa shape index (κ2) is 8.15. The van der Waals surface area contributed by atoms with Crippen molar-refractivity contribution in [2.75, 3.05) is 16.4 Å². The standard InChI is InChI=1S/C19H22N6O/c1-2-3-4-17(26)21-15-9-5-13(6-10-15)14-7-11-16(12-8-14)22-19-23-18(20)24-25-19/h5-12H,2-4H2,1H3,(H,21,26)(H4,20,22,23,24,25). The normalized spacial score (nSPS) is 10.5. The van der Waals surface area contributed by atoms with E-state index in [9.17, 15) is 4.79 Å². The number of nitrogen functional groups attached to an aromatic ring is 1. The molecule has 0 atom stereocenters. The van der Waals surface area contributed by atoms with Crippen LogP contribution in [0.25, 0.3) is 11.1 Å². The largest absolute Gasteiger partial charge is 0.368 e. The van der Waals surface area contributed by atoms with Crippen LogP contribution in [0.5, 0.6) is 0 Å². The van der Waals surface area contributed by atoms with Crippen molar-refractivity contribution < 1.29 is 4.79 Å². The lowest BCUT2D eigenvalue weighted by atomic mass is 10.0. The fraction of sp³-hybridized carbons (Fsp3) is 0.211. The predicted molar refractivity (Wildman–Crippen MR) is 104 cm³/mol. The number of nitrogens with zero attached hydrogens (tertiary/aromatic N) is 2. The number of benzene rings is 2. The van der Waals surface area contributed by atoms with Gasteiger partial charge in [0.2, 0.25) is 17.8 Å². The number of nitrogens with two attached hydrogens (primary N) is 1. The summed E-state index contributed by atoms with van der Waals surface area (Å²) in [6.07, 6.45) is 2.48. The number of H-pyrrole nitrogens is 1. The summed E-state index contributed by atoms with van der Waals surface area (Å²) in [5.74, 6) is 0.757. The smallest absolute Gasteiger partial charge is 0.248 e. The molecule has 0 aliphatic rings. The first kappa shape index (κ1) is 17.5. The number of amides is 1. The van der Waals surface area contributed by atoms with Crippen molar-refractivity contribution >= 4 is 29.2 Å². The molecular formula is C19H22N6O. The number of anilines is 4. The topological polar surface area (TPSA) is 109 Å². The highest BCUT2D eigenvalue weighted by Gasteiger charge is 2.04. The summed E-state index contributed by atoms with van der Waals surface area (Å²) < 4.78 is 0. The van der Waals surface area contributed by atoms with Crippen LogP contribution in [0.2, 0.25) is 0 Å². The maximum Gasteiger partial charge on any atom is 0.248 e. The van der Waals surface area contributed by atoms with E-state index in [0.717, 1.165) is 35.3 Å². The van der Waals surface area contributed by atoms with E-state index in [1.807, 2.05) is 48.5 Å². The molecule has 1 amide bonds. The summed E-state index contributed by atoms with van der Waals surface area (Å²) in [6, 6.07) is 15.7. The second-order valence-electron chi connectivity index (χ2n) is 5.98. The lowest BCUT2D eigenvalue weighted by Gasteiger charge is -2.08. The third-order valence-electron chi connectivity index (χ3n) is 3.90. The Labute approximate surface area is 152 Å². The molecular weight excluding hydrogens is 328 g/mol. The number of hydrogen-bond donors (Lipinski definition) is 4. The second-order valence-corrected chi connectivity index (χ2v) is 5.98. The number of aromatic amines is 1. The van der Waals surface area contributed by atoms with Crippen LogP contribution in [0.3, 0.4) is 0 Å². The Balaban J connectivity index is 1.62. The Bertz CT molecular complexity index is 854. The Morgan fingerprint density at radius 1 is 1.04 bits per heavy atom. The molecule has 7 nitrogen and oxygen atoms in total. The lowest BCUT2D eigenvalue weighted by molar-refractivity contribution is -0.116. The van der Waals surface area contributed by atoms with Crippen LogP contribution in [-0.2, 0) is 4.79 Å². The highest BCUT2D eigenvalue weighted by Crippen LogP contribution is 2.24. The minimum absolute atomic E-state index is 0.0580. The van der Waals surface area contributed by atoms with Crippen LogP contribution in [0, 0.1) is 0 Å². The minimum atomic E-state index is 0.0580. The average molecular weight is 350 g/mol. The van der Waals surface area contributed by atoms with Gasteiger partial charge in [-0.05, 0) is 41.8 Å². The highest BCUT2D eigenvalue weighted by atomic mass is 16.1. The van der Waals surface area contributed by atoms with Gasteiger partial charge in [-0.15, -0.1) is 5.10 Å². The third kappa shape index (κ3) is 4.60. The summed E-state index contributed by atoms with van der Waals surface area (Å²) in [7, 11) is 0. The SMILES string of the molecule is CCCCC(=O)Nc1ccc(-c2ccc(Nc3n[nH]c(N)n3)cc2)cc1. The van der Waals surface area contributed by atoms with Crippen molar-refractivity contribution in [1.82, 2.24) is 15.2 Å². The molecule has 0 aliphatic carbocycles. The van der Waals surface area contributed by atoms with E-state index >= 15 is 0 Å². The lowest BCUT2D eigenvalue weighted by Crippen LogP contribution is -2.10. The summed E-state index contributed by atoms with van der Waals surface area (Å²) in [5, 5.41) is 12.5. The maximum atomic E-state index is 11.8. The first-order chi connectivity index (χ1) is 12.6. The monoisotopic (exact) mass is 350 g/mol. The zero-order valence-corrected chi connectivity index (χ0v) is 14.6. The van der Waals surface area contributed by atoms with Crippen molar-refractivity contribution in [2.24, 2.45) is 0 Å². The molecule has 5 N–H and O–H groups in total. The van der Waals surface area contributed by atoms with Crippen molar-refractivity contribution in [3.63, 3.8) is 0 Å². The van der Waals surface area contributed by atoms with Gasteiger partial charge >= 0.3 is 0 Å². The molecule has 0 radical (unpaired) electrons. The van der Waals surface area contributed by atoms with Gasteiger partial charge in [0, 0.05) is 17.8 Å². The number of hydrogen-bond acceptors (Lipinski definition) is 5. The molecule has 1 heterocycles. The molecule has 3 aromatic rings. The quantitative estimate of drug-likeness (QED) is 0.516. The molecule has 0 bridgehead atoms. The molecule has 1 aromatic heterocycles. The van der Waals surface area contributed by atoms with Gasteiger partial charge in [-0.1, -0.05) is 37.6 Å². The minimum Gasteiger partial charge on any atom is -0.368 e. The molecule has 7 heteroatoms. The van der Waals surface area contributed by atoms with E-state index in [2.05, 4.69) is 32.7 Å². The number of rotatable bonds is 7. The van der Waals surface area contributed by atoms with Crippen molar-refractivity contribution in [2.45, 2.75) is 26.2 Å². The number of carbonyl (C=O) groups excluding carboxylic acids is 1. The van der Waals surface area contributed by atoms with Crippen LogP contribution in [0.15, 0.2) is 48.5 Å². The molecule has 134 valence electrons. The van der Waals surface area contributed by atoms with Gasteiger partial charge < -0.3 is 16.4 Å². The van der Waals surface area contributed by atoms with Crippen LogP contribution >= 0.6 is 0 Å². The first-order valence-corrected chi connectivity index (χ1v) is 8.59. The number of nitrogens with one attached hydrogen (secondary N) is 3. The Morgan fingerprint density at radius 2 is 1.65 bits per heavy atom. The number of unbranched alkanes of at least 4 members (excludes halogenated alkanes) is 1. The van der Waals surface area contributed by atoms with Crippen molar-refractivity contribution in [3.8, 4) is 11.1 Å². The molecule has 0 spiro atoms. The Kier molecular flexibility index (Phi) is 5.48. The van der Waals surface area contributed by atoms with Crippen LogP contribution in [0.1, 0.15) is 26.2 Å². The number of carbonyl (C=O) groups is 1. The summed E-state index contributed by atoms with van der Waals surface area (Å²) in [5.41, 5.74) is 9.34. The van der Waals surface area contributed by atoms with Crippen LogP contribution in [0.4, 0.5) is 23.3 Å². The first-order valence-electron chi connectivity index (χ1n) is 8.59. The summed E-state index contributed by atoms with van der Waals surface area (Å²) >= 11 is 0. The fourth-order valence-electron chi connectivity index (χ4n) is 2.51. The average Bonchev–Trinajstić information content (AvgIpc) is 3.06. The van der Waals surface area contributed by atoms with Gasteiger partial charge in [-0.3, -0.25) is 4.79 Å². The molecule has 26 heavy (non-hydrogen) atoms. The van der Waals surface area contributed by atoms with Gasteiger partial charge in [-0.25, -0.2) is 5.10 Å². The van der Waals surface area contributed by atoms with E-state index in [1.165, 1.54) is 0 Å². The van der Waals surface area contributed by atoms with Crippen molar-refractivity contribution in [1.29, 1.82) is 0 Å². The molecule has 3 rings (SSSR count). The van der Waals surface area contributed by atoms with Gasteiger partial charge in [0.25, 0.3) is 0 Å². The van der Waals surface area contributed by atoms with Crippen LogP contribution < -0.4 is 16.4 Å². The third-order valence-corrected chi connectivity index (χ3v) is 3.90. The van der Waals surface area contributed by atoms with Gasteiger partial charge in [0.05, 0.1) is 0 Å². The number of aromatic nitrogens is 3. The van der Waals surface area contributed by atoms with Gasteiger partial charge in [-0.2, -0.15) is 4.98 Å². The van der Waals surface area contributed by atoms with E-state index < -0.39 is 0 Å². The fourth-order valence-corrected chi connectivity index (χ4v) is 2.51. The molecule has 0 unspecified atom stereocenters. The van der Waals surface area contributed by atoms with Gasteiger partial charge in [0.15, 0.2) is 0 Å². The zero-order valence-electron chi connectivity index (χ0n) is 14.6. The molecule has 0 fully saturated rings. The molecule has 0 aliphatic heterocycles. The zero-order chi connectivity index (χ0) is 18.4. The Morgan fingerprint density at radius 3 is 2.19 bits per heavy atom. The molecule has 2 aromatic carbocycles. The Hall–Kier alpha value is -3.35. The van der Waals surface area contributed by atoms with E-state index in [1.54, 1.807) is 0 Å².